The van der Waals surface area contributed by atoms with E-state index in [9.17, 15) is 0 Å². The summed E-state index contributed by atoms with van der Waals surface area (Å²) in [7, 11) is 1.70. The molecule has 2 N–H and O–H groups in total. The van der Waals surface area contributed by atoms with Gasteiger partial charge in [0.2, 0.25) is 0 Å². The Labute approximate surface area is 80.2 Å². The van der Waals surface area contributed by atoms with Crippen LogP contribution in [0.15, 0.2) is 0 Å². The fourth-order valence-electron chi connectivity index (χ4n) is 0.895. The molecule has 0 radical (unpaired) electrons. The molecular formula is C9H21NO3. The largest absolute Gasteiger partial charge is 0.394 e. The van der Waals surface area contributed by atoms with Crippen molar-refractivity contribution < 1.29 is 14.6 Å². The number of nitrogens with one attached hydrogen (secondary N) is 1. The number of aliphatic hydroxyl groups is 1. The van der Waals surface area contributed by atoms with Crippen molar-refractivity contribution in [2.75, 3.05) is 33.5 Å². The predicted octanol–water partition coefficient (Wildman–Crippen LogP) is 0.00830. The van der Waals surface area contributed by atoms with Crippen molar-refractivity contribution in [1.29, 1.82) is 0 Å². The Bertz CT molecular complexity index is 111. The number of ether oxygens (including phenoxy) is 2. The van der Waals surface area contributed by atoms with Gasteiger partial charge in [0.25, 0.3) is 0 Å². The summed E-state index contributed by atoms with van der Waals surface area (Å²) in [6.07, 6.45) is 0.206. The van der Waals surface area contributed by atoms with Gasteiger partial charge >= 0.3 is 0 Å². The van der Waals surface area contributed by atoms with Crippen LogP contribution in [0.1, 0.15) is 13.8 Å². The summed E-state index contributed by atoms with van der Waals surface area (Å²) < 4.78 is 10.2. The van der Waals surface area contributed by atoms with Crippen LogP contribution in [0, 0.1) is 0 Å². The van der Waals surface area contributed by atoms with Gasteiger partial charge in [-0.15, -0.1) is 0 Å². The molecule has 0 bridgehead atoms. The van der Waals surface area contributed by atoms with Gasteiger partial charge in [0.05, 0.1) is 25.9 Å². The SMILES string of the molecule is COC(C)C(C)NCCOCCO. The minimum atomic E-state index is 0.0873. The van der Waals surface area contributed by atoms with Crippen LogP contribution in [0.5, 0.6) is 0 Å². The Morgan fingerprint density at radius 3 is 2.54 bits per heavy atom. The monoisotopic (exact) mass is 191 g/mol. The number of methoxy groups -OCH3 is 1. The molecule has 4 nitrogen and oxygen atoms in total. The van der Waals surface area contributed by atoms with E-state index >= 15 is 0 Å². The molecule has 0 aliphatic heterocycles. The van der Waals surface area contributed by atoms with E-state index in [1.165, 1.54) is 0 Å². The van der Waals surface area contributed by atoms with Crippen LogP contribution >= 0.6 is 0 Å². The minimum Gasteiger partial charge on any atom is -0.394 e. The summed E-state index contributed by atoms with van der Waals surface area (Å²) in [5.41, 5.74) is 0. The Morgan fingerprint density at radius 1 is 1.31 bits per heavy atom. The number of hydrogen-bond acceptors (Lipinski definition) is 4. The van der Waals surface area contributed by atoms with E-state index in [0.717, 1.165) is 6.54 Å². The van der Waals surface area contributed by atoms with Gasteiger partial charge < -0.3 is 19.9 Å². The van der Waals surface area contributed by atoms with Crippen molar-refractivity contribution in [3.8, 4) is 0 Å². The molecule has 0 saturated carbocycles. The lowest BCUT2D eigenvalue weighted by Crippen LogP contribution is -2.38. The highest BCUT2D eigenvalue weighted by Gasteiger charge is 2.08. The summed E-state index contributed by atoms with van der Waals surface area (Å²) in [5.74, 6) is 0. The van der Waals surface area contributed by atoms with Crippen LogP contribution in [-0.2, 0) is 9.47 Å². The fraction of sp³-hybridized carbons (Fsp3) is 1.00. The lowest BCUT2D eigenvalue weighted by atomic mass is 10.2. The van der Waals surface area contributed by atoms with Gasteiger partial charge in [0.15, 0.2) is 0 Å². The van der Waals surface area contributed by atoms with Crippen LogP contribution in [0.2, 0.25) is 0 Å². The maximum absolute atomic E-state index is 8.44. The zero-order chi connectivity index (χ0) is 10.1. The highest BCUT2D eigenvalue weighted by molar-refractivity contribution is 4.67. The number of aliphatic hydroxyl groups excluding tert-OH is 1. The second-order valence-electron chi connectivity index (χ2n) is 3.02. The molecular weight excluding hydrogens is 170 g/mol. The Morgan fingerprint density at radius 2 is 2.00 bits per heavy atom. The first-order valence-corrected chi connectivity index (χ1v) is 4.67. The molecule has 80 valence electrons. The van der Waals surface area contributed by atoms with Gasteiger partial charge in [-0.1, -0.05) is 0 Å². The summed E-state index contributed by atoms with van der Waals surface area (Å²) in [5, 5.41) is 11.7. The maximum Gasteiger partial charge on any atom is 0.0698 e. The molecule has 0 fully saturated rings. The van der Waals surface area contributed by atoms with E-state index in [1.54, 1.807) is 7.11 Å². The first-order valence-electron chi connectivity index (χ1n) is 4.67. The van der Waals surface area contributed by atoms with E-state index in [1.807, 2.05) is 6.92 Å². The first kappa shape index (κ1) is 12.8. The molecule has 13 heavy (non-hydrogen) atoms. The summed E-state index contributed by atoms with van der Waals surface area (Å²) in [6.45, 7) is 6.00. The van der Waals surface area contributed by atoms with Crippen molar-refractivity contribution in [1.82, 2.24) is 5.32 Å². The van der Waals surface area contributed by atoms with Crippen molar-refractivity contribution in [3.63, 3.8) is 0 Å². The molecule has 0 aromatic rings. The zero-order valence-electron chi connectivity index (χ0n) is 8.75. The van der Waals surface area contributed by atoms with Crippen LogP contribution < -0.4 is 5.32 Å². The second kappa shape index (κ2) is 8.44. The normalized spacial score (nSPS) is 15.7. The molecule has 0 aliphatic carbocycles. The molecule has 0 aromatic carbocycles. The lowest BCUT2D eigenvalue weighted by Gasteiger charge is -2.19. The van der Waals surface area contributed by atoms with E-state index in [0.29, 0.717) is 19.3 Å². The molecule has 0 aromatic heterocycles. The molecule has 4 heteroatoms. The van der Waals surface area contributed by atoms with E-state index in [-0.39, 0.29) is 12.7 Å². The Hall–Kier alpha value is -0.160. The zero-order valence-corrected chi connectivity index (χ0v) is 8.75. The molecule has 2 unspecified atom stereocenters. The van der Waals surface area contributed by atoms with Crippen molar-refractivity contribution in [3.05, 3.63) is 0 Å². The minimum absolute atomic E-state index is 0.0873. The van der Waals surface area contributed by atoms with Crippen molar-refractivity contribution in [2.24, 2.45) is 0 Å². The molecule has 0 heterocycles. The molecule has 0 aliphatic rings. The molecule has 0 rings (SSSR count). The van der Waals surface area contributed by atoms with E-state index < -0.39 is 0 Å². The van der Waals surface area contributed by atoms with Crippen LogP contribution in [-0.4, -0.2) is 50.7 Å². The third-order valence-corrected chi connectivity index (χ3v) is 2.02. The molecule has 0 amide bonds. The van der Waals surface area contributed by atoms with Gasteiger partial charge in [0.1, 0.15) is 0 Å². The summed E-state index contributed by atoms with van der Waals surface area (Å²) in [4.78, 5) is 0. The number of hydrogen-bond donors (Lipinski definition) is 2. The third-order valence-electron chi connectivity index (χ3n) is 2.02. The Kier molecular flexibility index (Phi) is 8.33. The average molecular weight is 191 g/mol. The van der Waals surface area contributed by atoms with Crippen LogP contribution in [0.25, 0.3) is 0 Å². The highest BCUT2D eigenvalue weighted by atomic mass is 16.5. The fourth-order valence-corrected chi connectivity index (χ4v) is 0.895. The van der Waals surface area contributed by atoms with Gasteiger partial charge in [-0.25, -0.2) is 0 Å². The smallest absolute Gasteiger partial charge is 0.0698 e. The predicted molar refractivity (Wildman–Crippen MR) is 51.8 cm³/mol. The lowest BCUT2D eigenvalue weighted by molar-refractivity contribution is 0.0725. The van der Waals surface area contributed by atoms with Crippen molar-refractivity contribution in [2.45, 2.75) is 26.0 Å². The summed E-state index contributed by atoms with van der Waals surface area (Å²) in [6, 6.07) is 0.322. The van der Waals surface area contributed by atoms with E-state index in [2.05, 4.69) is 12.2 Å². The van der Waals surface area contributed by atoms with Crippen LogP contribution in [0.3, 0.4) is 0 Å². The highest BCUT2D eigenvalue weighted by Crippen LogP contribution is 1.94. The van der Waals surface area contributed by atoms with Gasteiger partial charge in [-0.05, 0) is 13.8 Å². The van der Waals surface area contributed by atoms with Gasteiger partial charge in [-0.3, -0.25) is 0 Å². The molecule has 2 atom stereocenters. The average Bonchev–Trinajstić information content (AvgIpc) is 2.16. The molecule has 0 saturated heterocycles. The topological polar surface area (TPSA) is 50.7 Å². The van der Waals surface area contributed by atoms with E-state index in [4.69, 9.17) is 14.6 Å². The summed E-state index contributed by atoms with van der Waals surface area (Å²) >= 11 is 0. The van der Waals surface area contributed by atoms with Crippen LogP contribution in [0.4, 0.5) is 0 Å². The van der Waals surface area contributed by atoms with Crippen molar-refractivity contribution >= 4 is 0 Å². The van der Waals surface area contributed by atoms with Gasteiger partial charge in [-0.2, -0.15) is 0 Å². The third kappa shape index (κ3) is 6.95. The maximum atomic E-state index is 8.44. The molecule has 0 spiro atoms. The standard InChI is InChI=1S/C9H21NO3/c1-8(9(2)12-3)10-4-6-13-7-5-11/h8-11H,4-7H2,1-3H3. The van der Waals surface area contributed by atoms with Gasteiger partial charge in [0, 0.05) is 19.7 Å². The quantitative estimate of drug-likeness (QED) is 0.531. The number of rotatable bonds is 8. The Balaban J connectivity index is 3.21. The first-order chi connectivity index (χ1) is 6.22. The second-order valence-corrected chi connectivity index (χ2v) is 3.02.